The quantitative estimate of drug-likeness (QED) is 0.711. The minimum absolute atomic E-state index is 0.0290. The van der Waals surface area contributed by atoms with Gasteiger partial charge in [-0.15, -0.1) is 0 Å². The van der Waals surface area contributed by atoms with Crippen molar-refractivity contribution in [3.05, 3.63) is 65.4 Å². The number of halogens is 1. The van der Waals surface area contributed by atoms with Gasteiger partial charge in [-0.05, 0) is 36.4 Å². The maximum atomic E-state index is 12.0. The van der Waals surface area contributed by atoms with Crippen LogP contribution >= 0.6 is 11.6 Å². The Kier molecular flexibility index (Phi) is 4.41. The van der Waals surface area contributed by atoms with Crippen LogP contribution in [-0.2, 0) is 14.3 Å². The number of hydrogen-bond donors (Lipinski definition) is 1. The fraction of sp³-hybridized carbons (Fsp3) is 0.125. The normalized spacial score (nSPS) is 13.3. The van der Waals surface area contributed by atoms with Crippen LogP contribution in [0.5, 0.6) is 0 Å². The van der Waals surface area contributed by atoms with Gasteiger partial charge in [-0.1, -0.05) is 29.8 Å². The van der Waals surface area contributed by atoms with E-state index in [1.807, 2.05) is 18.2 Å². The fourth-order valence-corrected chi connectivity index (χ4v) is 3.11. The molecule has 3 aromatic rings. The molecule has 0 spiro atoms. The zero-order valence-corrected chi connectivity index (χ0v) is 13.4. The van der Waals surface area contributed by atoms with Gasteiger partial charge >= 0.3 is 0 Å². The summed E-state index contributed by atoms with van der Waals surface area (Å²) in [6, 6.07) is 14.5. The van der Waals surface area contributed by atoms with Crippen LogP contribution in [-0.4, -0.2) is 20.1 Å². The molecular weight excluding hydrogens is 340 g/mol. The molecule has 3 rings (SSSR count). The number of rotatable bonds is 5. The lowest BCUT2D eigenvalue weighted by atomic mass is 10.2. The Balaban J connectivity index is 1.72. The molecule has 23 heavy (non-hydrogen) atoms. The Morgan fingerprint density at radius 2 is 1.83 bits per heavy atom. The van der Waals surface area contributed by atoms with Gasteiger partial charge in [-0.25, -0.2) is 0 Å². The monoisotopic (exact) mass is 352 g/mol. The van der Waals surface area contributed by atoms with E-state index >= 15 is 0 Å². The standard InChI is InChI=1S/C16H13ClO5S/c17-12-5-7-13(8-6-12)23(19,20)21-10-14(18)16-9-11-3-1-2-4-15(11)22-16/h1-9,14,18H,10H2/t14-/m1/s1. The topological polar surface area (TPSA) is 76.7 Å². The summed E-state index contributed by atoms with van der Waals surface area (Å²) < 4.78 is 34.4. The van der Waals surface area contributed by atoms with Crippen LogP contribution < -0.4 is 0 Å². The number of aliphatic hydroxyl groups excluding tert-OH is 1. The summed E-state index contributed by atoms with van der Waals surface area (Å²) >= 11 is 5.72. The van der Waals surface area contributed by atoms with Crippen LogP contribution in [0.2, 0.25) is 5.02 Å². The molecule has 0 radical (unpaired) electrons. The first kappa shape index (κ1) is 16.0. The molecule has 7 heteroatoms. The van der Waals surface area contributed by atoms with Gasteiger partial charge in [-0.3, -0.25) is 4.18 Å². The van der Waals surface area contributed by atoms with Crippen LogP contribution in [0.15, 0.2) is 63.9 Å². The minimum atomic E-state index is -3.97. The van der Waals surface area contributed by atoms with Gasteiger partial charge in [0.25, 0.3) is 10.1 Å². The van der Waals surface area contributed by atoms with Crippen LogP contribution in [0, 0.1) is 0 Å². The molecule has 0 amide bonds. The Morgan fingerprint density at radius 1 is 1.13 bits per heavy atom. The lowest BCUT2D eigenvalue weighted by Crippen LogP contribution is -2.13. The van der Waals surface area contributed by atoms with Crippen LogP contribution in [0.1, 0.15) is 11.9 Å². The summed E-state index contributed by atoms with van der Waals surface area (Å²) in [5.74, 6) is 0.248. The van der Waals surface area contributed by atoms with Crippen molar-refractivity contribution in [2.75, 3.05) is 6.61 Å². The van der Waals surface area contributed by atoms with Gasteiger partial charge in [0.2, 0.25) is 0 Å². The smallest absolute Gasteiger partial charge is 0.297 e. The zero-order valence-electron chi connectivity index (χ0n) is 11.8. The molecule has 0 aliphatic rings. The van der Waals surface area contributed by atoms with Crippen LogP contribution in [0.4, 0.5) is 0 Å². The summed E-state index contributed by atoms with van der Waals surface area (Å²) in [7, 11) is -3.97. The Bertz CT molecular complexity index is 882. The maximum Gasteiger partial charge on any atom is 0.297 e. The first-order chi connectivity index (χ1) is 11.0. The van der Waals surface area contributed by atoms with Crippen molar-refractivity contribution in [1.29, 1.82) is 0 Å². The fourth-order valence-electron chi connectivity index (χ4n) is 2.07. The molecule has 1 atom stereocenters. The van der Waals surface area contributed by atoms with E-state index in [2.05, 4.69) is 0 Å². The van der Waals surface area contributed by atoms with E-state index < -0.39 is 22.8 Å². The predicted molar refractivity (Wildman–Crippen MR) is 85.8 cm³/mol. The van der Waals surface area contributed by atoms with Crippen molar-refractivity contribution in [2.45, 2.75) is 11.0 Å². The highest BCUT2D eigenvalue weighted by molar-refractivity contribution is 7.86. The van der Waals surface area contributed by atoms with Crippen molar-refractivity contribution in [3.63, 3.8) is 0 Å². The van der Waals surface area contributed by atoms with Crippen molar-refractivity contribution in [2.24, 2.45) is 0 Å². The van der Waals surface area contributed by atoms with E-state index in [0.29, 0.717) is 10.6 Å². The van der Waals surface area contributed by atoms with E-state index in [1.54, 1.807) is 12.1 Å². The SMILES string of the molecule is O=S(=O)(OC[C@@H](O)c1cc2ccccc2o1)c1ccc(Cl)cc1. The van der Waals surface area contributed by atoms with Crippen molar-refractivity contribution in [3.8, 4) is 0 Å². The molecular formula is C16H13ClO5S. The first-order valence-corrected chi connectivity index (χ1v) is 8.56. The molecule has 0 saturated carbocycles. The molecule has 1 aromatic heterocycles. The zero-order chi connectivity index (χ0) is 16.4. The third kappa shape index (κ3) is 3.56. The molecule has 0 bridgehead atoms. The molecule has 1 heterocycles. The molecule has 0 aliphatic heterocycles. The highest BCUT2D eigenvalue weighted by Gasteiger charge is 2.20. The van der Waals surface area contributed by atoms with Gasteiger partial charge in [0, 0.05) is 10.4 Å². The number of benzene rings is 2. The van der Waals surface area contributed by atoms with E-state index in [-0.39, 0.29) is 10.7 Å². The summed E-state index contributed by atoms with van der Waals surface area (Å²) in [5, 5.41) is 11.3. The lowest BCUT2D eigenvalue weighted by Gasteiger charge is -2.09. The van der Waals surface area contributed by atoms with Gasteiger partial charge < -0.3 is 9.52 Å². The average Bonchev–Trinajstić information content (AvgIpc) is 2.97. The van der Waals surface area contributed by atoms with Crippen molar-refractivity contribution < 1.29 is 22.1 Å². The molecule has 5 nitrogen and oxygen atoms in total. The lowest BCUT2D eigenvalue weighted by molar-refractivity contribution is 0.0932. The van der Waals surface area contributed by atoms with Gasteiger partial charge in [0.15, 0.2) is 0 Å². The Morgan fingerprint density at radius 3 is 2.52 bits per heavy atom. The van der Waals surface area contributed by atoms with E-state index in [0.717, 1.165) is 5.39 Å². The maximum absolute atomic E-state index is 12.0. The summed E-state index contributed by atoms with van der Waals surface area (Å²) in [6.07, 6.45) is -1.19. The second-order valence-corrected chi connectivity index (χ2v) is 6.95. The largest absolute Gasteiger partial charge is 0.458 e. The van der Waals surface area contributed by atoms with Gasteiger partial charge in [0.1, 0.15) is 17.4 Å². The second kappa shape index (κ2) is 6.33. The number of hydrogen-bond acceptors (Lipinski definition) is 5. The van der Waals surface area contributed by atoms with Crippen LogP contribution in [0.3, 0.4) is 0 Å². The molecule has 2 aromatic carbocycles. The number of furan rings is 1. The Hall–Kier alpha value is -1.86. The third-order valence-electron chi connectivity index (χ3n) is 3.26. The molecule has 0 aliphatic carbocycles. The van der Waals surface area contributed by atoms with Crippen LogP contribution in [0.25, 0.3) is 11.0 Å². The number of para-hydroxylation sites is 1. The van der Waals surface area contributed by atoms with E-state index in [4.69, 9.17) is 20.2 Å². The first-order valence-electron chi connectivity index (χ1n) is 6.77. The molecule has 0 saturated heterocycles. The average molecular weight is 353 g/mol. The van der Waals surface area contributed by atoms with Gasteiger partial charge in [-0.2, -0.15) is 8.42 Å². The second-order valence-electron chi connectivity index (χ2n) is 4.89. The van der Waals surface area contributed by atoms with Crippen molar-refractivity contribution >= 4 is 32.7 Å². The molecule has 1 N–H and O–H groups in total. The summed E-state index contributed by atoms with van der Waals surface area (Å²) in [5.41, 5.74) is 0.613. The minimum Gasteiger partial charge on any atom is -0.458 e. The predicted octanol–water partition coefficient (Wildman–Crippen LogP) is 3.53. The Labute approximate surface area is 138 Å². The van der Waals surface area contributed by atoms with E-state index in [1.165, 1.54) is 24.3 Å². The highest BCUT2D eigenvalue weighted by atomic mass is 35.5. The number of aliphatic hydroxyl groups is 1. The van der Waals surface area contributed by atoms with Gasteiger partial charge in [0.05, 0.1) is 11.5 Å². The summed E-state index contributed by atoms with van der Waals surface area (Å²) in [6.45, 7) is -0.440. The number of fused-ring (bicyclic) bond motifs is 1. The van der Waals surface area contributed by atoms with E-state index in [9.17, 15) is 13.5 Å². The molecule has 0 fully saturated rings. The summed E-state index contributed by atoms with van der Waals surface area (Å²) in [4.78, 5) is -0.0290. The third-order valence-corrected chi connectivity index (χ3v) is 4.80. The highest BCUT2D eigenvalue weighted by Crippen LogP contribution is 2.25. The van der Waals surface area contributed by atoms with Crippen molar-refractivity contribution in [1.82, 2.24) is 0 Å². The molecule has 0 unspecified atom stereocenters. The molecule has 120 valence electrons.